The molecule has 1 fully saturated rings. The Morgan fingerprint density at radius 2 is 1.71 bits per heavy atom. The van der Waals surface area contributed by atoms with Gasteiger partial charge in [0.1, 0.15) is 5.75 Å². The number of alkyl halides is 3. The zero-order valence-corrected chi connectivity index (χ0v) is 19.2. The molecule has 0 amide bonds. The van der Waals surface area contributed by atoms with E-state index in [9.17, 15) is 13.2 Å². The van der Waals surface area contributed by atoms with Crippen molar-refractivity contribution >= 4 is 29.9 Å². The predicted molar refractivity (Wildman–Crippen MR) is 123 cm³/mol. The third kappa shape index (κ3) is 8.91. The Kier molecular flexibility index (Phi) is 9.85. The lowest BCUT2D eigenvalue weighted by Crippen LogP contribution is -2.36. The highest BCUT2D eigenvalue weighted by atomic mass is 127. The van der Waals surface area contributed by atoms with Gasteiger partial charge in [-0.05, 0) is 28.8 Å². The molecule has 0 aliphatic carbocycles. The molecule has 3 N–H and O–H groups in total. The number of halogens is 4. The van der Waals surface area contributed by atoms with Gasteiger partial charge in [0.15, 0.2) is 5.96 Å². The van der Waals surface area contributed by atoms with E-state index in [1.807, 2.05) is 12.1 Å². The van der Waals surface area contributed by atoms with Crippen LogP contribution in [0.2, 0.25) is 0 Å². The van der Waals surface area contributed by atoms with Crippen LogP contribution in [0.3, 0.4) is 0 Å². The van der Waals surface area contributed by atoms with E-state index in [1.165, 1.54) is 29.8 Å². The van der Waals surface area contributed by atoms with Crippen molar-refractivity contribution in [1.29, 1.82) is 0 Å². The maximum atomic E-state index is 12.2. The lowest BCUT2D eigenvalue weighted by atomic mass is 10.1. The summed E-state index contributed by atoms with van der Waals surface area (Å²) in [6.07, 6.45) is -4.70. The molecule has 0 saturated carbocycles. The van der Waals surface area contributed by atoms with E-state index in [0.29, 0.717) is 6.54 Å². The first-order chi connectivity index (χ1) is 14.4. The number of rotatable bonds is 7. The molecule has 2 aromatic rings. The van der Waals surface area contributed by atoms with Crippen molar-refractivity contribution in [2.45, 2.75) is 26.0 Å². The normalized spacial score (nSPS) is 15.3. The molecule has 10 heteroatoms. The van der Waals surface area contributed by atoms with Crippen molar-refractivity contribution in [2.24, 2.45) is 10.7 Å². The molecule has 1 aliphatic rings. The summed E-state index contributed by atoms with van der Waals surface area (Å²) in [5.41, 5.74) is 9.04. The number of nitrogens with one attached hydrogen (secondary N) is 1. The molecule has 1 heterocycles. The highest BCUT2D eigenvalue weighted by Crippen LogP contribution is 2.22. The van der Waals surface area contributed by atoms with Gasteiger partial charge in [0.2, 0.25) is 0 Å². The van der Waals surface area contributed by atoms with Gasteiger partial charge in [-0.15, -0.1) is 37.1 Å². The number of benzene rings is 2. The van der Waals surface area contributed by atoms with Gasteiger partial charge in [-0.2, -0.15) is 0 Å². The fourth-order valence-electron chi connectivity index (χ4n) is 3.10. The van der Waals surface area contributed by atoms with E-state index in [2.05, 4.69) is 32.1 Å². The first-order valence-electron chi connectivity index (χ1n) is 9.64. The van der Waals surface area contributed by atoms with Crippen LogP contribution in [0.5, 0.6) is 5.75 Å². The molecule has 0 unspecified atom stereocenters. The first-order valence-corrected chi connectivity index (χ1v) is 9.64. The highest BCUT2D eigenvalue weighted by Gasteiger charge is 2.30. The SMILES string of the molecule is I.NC(=NCc1ccc(OC(F)(F)F)cc1)NCc1ccccc1CN1CCOCC1. The van der Waals surface area contributed by atoms with Gasteiger partial charge in [0, 0.05) is 26.2 Å². The van der Waals surface area contributed by atoms with E-state index in [-0.39, 0.29) is 42.2 Å². The van der Waals surface area contributed by atoms with Crippen LogP contribution in [-0.2, 0) is 24.4 Å². The Morgan fingerprint density at radius 3 is 2.35 bits per heavy atom. The number of ether oxygens (including phenoxy) is 2. The number of guanidine groups is 1. The number of morpholine rings is 1. The summed E-state index contributed by atoms with van der Waals surface area (Å²) in [5, 5.41) is 3.10. The van der Waals surface area contributed by atoms with E-state index in [0.717, 1.165) is 44.0 Å². The van der Waals surface area contributed by atoms with Crippen molar-refractivity contribution in [3.63, 3.8) is 0 Å². The second-order valence-corrected chi connectivity index (χ2v) is 6.90. The monoisotopic (exact) mass is 550 g/mol. The van der Waals surface area contributed by atoms with Crippen LogP contribution < -0.4 is 15.8 Å². The van der Waals surface area contributed by atoms with Gasteiger partial charge in [-0.3, -0.25) is 4.90 Å². The number of hydrogen-bond donors (Lipinski definition) is 2. The van der Waals surface area contributed by atoms with Gasteiger partial charge >= 0.3 is 6.36 Å². The van der Waals surface area contributed by atoms with Crippen molar-refractivity contribution in [2.75, 3.05) is 26.3 Å². The average molecular weight is 550 g/mol. The van der Waals surface area contributed by atoms with Crippen LogP contribution in [0.4, 0.5) is 13.2 Å². The molecule has 0 aromatic heterocycles. The Morgan fingerprint density at radius 1 is 1.06 bits per heavy atom. The van der Waals surface area contributed by atoms with Crippen molar-refractivity contribution in [3.05, 3.63) is 65.2 Å². The number of nitrogens with zero attached hydrogens (tertiary/aromatic N) is 2. The van der Waals surface area contributed by atoms with E-state index in [1.54, 1.807) is 0 Å². The second kappa shape index (κ2) is 12.1. The molecule has 1 saturated heterocycles. The van der Waals surface area contributed by atoms with Crippen LogP contribution in [0, 0.1) is 0 Å². The smallest absolute Gasteiger partial charge is 0.406 e. The molecule has 0 bridgehead atoms. The molecule has 0 spiro atoms. The van der Waals surface area contributed by atoms with Gasteiger partial charge in [0.05, 0.1) is 19.8 Å². The Balaban J connectivity index is 0.00000341. The van der Waals surface area contributed by atoms with Gasteiger partial charge in [-0.25, -0.2) is 4.99 Å². The summed E-state index contributed by atoms with van der Waals surface area (Å²) in [6.45, 7) is 4.97. The van der Waals surface area contributed by atoms with Crippen LogP contribution in [-0.4, -0.2) is 43.5 Å². The summed E-state index contributed by atoms with van der Waals surface area (Å²) >= 11 is 0. The molecule has 2 aromatic carbocycles. The molecule has 1 aliphatic heterocycles. The third-order valence-electron chi connectivity index (χ3n) is 4.66. The minimum atomic E-state index is -4.70. The average Bonchev–Trinajstić information content (AvgIpc) is 2.72. The number of nitrogens with two attached hydrogens (primary N) is 1. The van der Waals surface area contributed by atoms with Gasteiger partial charge in [-0.1, -0.05) is 36.4 Å². The fourth-order valence-corrected chi connectivity index (χ4v) is 3.10. The zero-order chi connectivity index (χ0) is 21.4. The van der Waals surface area contributed by atoms with E-state index in [4.69, 9.17) is 10.5 Å². The predicted octanol–water partition coefficient (Wildman–Crippen LogP) is 3.64. The second-order valence-electron chi connectivity index (χ2n) is 6.90. The van der Waals surface area contributed by atoms with Gasteiger partial charge < -0.3 is 20.5 Å². The molecule has 31 heavy (non-hydrogen) atoms. The minimum absolute atomic E-state index is 0. The third-order valence-corrected chi connectivity index (χ3v) is 4.66. The van der Waals surface area contributed by atoms with Crippen LogP contribution in [0.15, 0.2) is 53.5 Å². The summed E-state index contributed by atoms with van der Waals surface area (Å²) in [5.74, 6) is 0.00463. The highest BCUT2D eigenvalue weighted by molar-refractivity contribution is 14.0. The topological polar surface area (TPSA) is 72.1 Å². The first kappa shape index (κ1) is 25.2. The fraction of sp³-hybridized carbons (Fsp3) is 0.381. The molecule has 6 nitrogen and oxygen atoms in total. The Labute approximate surface area is 196 Å². The number of aliphatic imine (C=N–C) groups is 1. The molecular formula is C21H26F3IN4O2. The summed E-state index contributed by atoms with van der Waals surface area (Å²) < 4.78 is 45.9. The minimum Gasteiger partial charge on any atom is -0.406 e. The summed E-state index contributed by atoms with van der Waals surface area (Å²) in [4.78, 5) is 6.61. The van der Waals surface area contributed by atoms with E-state index >= 15 is 0 Å². The molecule has 0 radical (unpaired) electrons. The van der Waals surface area contributed by atoms with Crippen molar-refractivity contribution < 1.29 is 22.6 Å². The van der Waals surface area contributed by atoms with Crippen LogP contribution in [0.1, 0.15) is 16.7 Å². The number of hydrogen-bond acceptors (Lipinski definition) is 4. The summed E-state index contributed by atoms with van der Waals surface area (Å²) in [7, 11) is 0. The lowest BCUT2D eigenvalue weighted by Gasteiger charge is -2.27. The maximum absolute atomic E-state index is 12.2. The largest absolute Gasteiger partial charge is 0.573 e. The Hall–Kier alpha value is -2.05. The quantitative estimate of drug-likeness (QED) is 0.313. The van der Waals surface area contributed by atoms with Crippen LogP contribution in [0.25, 0.3) is 0 Å². The molecule has 3 rings (SSSR count). The standard InChI is InChI=1S/C21H25F3N4O2.HI/c22-21(23,24)30-19-7-5-16(6-8-19)13-26-20(25)27-14-17-3-1-2-4-18(17)15-28-9-11-29-12-10-28;/h1-8H,9-15H2,(H3,25,26,27);1H. The molecule has 170 valence electrons. The van der Waals surface area contributed by atoms with E-state index < -0.39 is 6.36 Å². The van der Waals surface area contributed by atoms with Crippen molar-refractivity contribution in [3.8, 4) is 5.75 Å². The van der Waals surface area contributed by atoms with Crippen molar-refractivity contribution in [1.82, 2.24) is 10.2 Å². The summed E-state index contributed by atoms with van der Waals surface area (Å²) in [6, 6.07) is 13.7. The molecular weight excluding hydrogens is 524 g/mol. The molecule has 0 atom stereocenters. The van der Waals surface area contributed by atoms with Gasteiger partial charge in [0.25, 0.3) is 0 Å². The zero-order valence-electron chi connectivity index (χ0n) is 16.9. The lowest BCUT2D eigenvalue weighted by molar-refractivity contribution is -0.274. The Bertz CT molecular complexity index is 841. The maximum Gasteiger partial charge on any atom is 0.573 e. The van der Waals surface area contributed by atoms with Crippen LogP contribution >= 0.6 is 24.0 Å².